The van der Waals surface area contributed by atoms with E-state index in [1.807, 2.05) is 11.3 Å². The van der Waals surface area contributed by atoms with E-state index in [0.717, 1.165) is 19.6 Å². The third-order valence-corrected chi connectivity index (χ3v) is 4.00. The highest BCUT2D eigenvalue weighted by molar-refractivity contribution is 7.12. The molecule has 1 saturated heterocycles. The van der Waals surface area contributed by atoms with Crippen LogP contribution in [0.2, 0.25) is 0 Å². The molecule has 2 N–H and O–H groups in total. The van der Waals surface area contributed by atoms with Gasteiger partial charge in [0.1, 0.15) is 0 Å². The Morgan fingerprint density at radius 3 is 2.92 bits per heavy atom. The van der Waals surface area contributed by atoms with Crippen LogP contribution in [-0.4, -0.2) is 19.8 Å². The Labute approximate surface area is 82.7 Å². The second kappa shape index (κ2) is 3.40. The molecule has 1 atom stereocenters. The lowest BCUT2D eigenvalue weighted by Gasteiger charge is -2.23. The van der Waals surface area contributed by atoms with Crippen molar-refractivity contribution in [2.45, 2.75) is 18.8 Å². The summed E-state index contributed by atoms with van der Waals surface area (Å²) in [5, 5.41) is 0. The molecule has 72 valence electrons. The molecule has 0 spiro atoms. The van der Waals surface area contributed by atoms with Crippen LogP contribution >= 0.6 is 11.3 Å². The quantitative estimate of drug-likeness (QED) is 0.782. The monoisotopic (exact) mass is 197 g/mol. The van der Waals surface area contributed by atoms with Gasteiger partial charge in [-0.05, 0) is 25.5 Å². The Kier molecular flexibility index (Phi) is 2.41. The molecule has 2 rings (SSSR count). The molecule has 0 amide bonds. The molecule has 3 heteroatoms. The predicted molar refractivity (Wildman–Crippen MR) is 55.2 cm³/mol. The molecular formula is C10H15NOS. The fourth-order valence-electron chi connectivity index (χ4n) is 1.78. The van der Waals surface area contributed by atoms with Gasteiger partial charge in [-0.25, -0.2) is 0 Å². The second-order valence-corrected chi connectivity index (χ2v) is 4.99. The third-order valence-electron chi connectivity index (χ3n) is 2.76. The highest BCUT2D eigenvalue weighted by Crippen LogP contribution is 2.36. The van der Waals surface area contributed by atoms with Gasteiger partial charge < -0.3 is 10.5 Å². The SMILES string of the molecule is Cc1ccc(C2(CN)CCOC2)s1. The number of thiophene rings is 1. The first-order valence-corrected chi connectivity index (χ1v) is 5.43. The van der Waals surface area contributed by atoms with Crippen molar-refractivity contribution in [3.63, 3.8) is 0 Å². The van der Waals surface area contributed by atoms with Crippen molar-refractivity contribution in [3.05, 3.63) is 21.9 Å². The summed E-state index contributed by atoms with van der Waals surface area (Å²) in [6.07, 6.45) is 1.07. The number of hydrogen-bond donors (Lipinski definition) is 1. The van der Waals surface area contributed by atoms with Crippen molar-refractivity contribution in [1.82, 2.24) is 0 Å². The highest BCUT2D eigenvalue weighted by Gasteiger charge is 2.36. The van der Waals surface area contributed by atoms with E-state index in [1.165, 1.54) is 9.75 Å². The van der Waals surface area contributed by atoms with Crippen LogP contribution in [0.15, 0.2) is 12.1 Å². The van der Waals surface area contributed by atoms with Crippen molar-refractivity contribution in [1.29, 1.82) is 0 Å². The second-order valence-electron chi connectivity index (χ2n) is 3.70. The van der Waals surface area contributed by atoms with Gasteiger partial charge in [0.05, 0.1) is 6.61 Å². The van der Waals surface area contributed by atoms with Crippen LogP contribution in [0.4, 0.5) is 0 Å². The average molecular weight is 197 g/mol. The molecule has 0 aromatic carbocycles. The normalized spacial score (nSPS) is 28.2. The highest BCUT2D eigenvalue weighted by atomic mass is 32.1. The molecule has 1 unspecified atom stereocenters. The van der Waals surface area contributed by atoms with E-state index < -0.39 is 0 Å². The summed E-state index contributed by atoms with van der Waals surface area (Å²) in [6.45, 7) is 4.48. The molecule has 1 fully saturated rings. The van der Waals surface area contributed by atoms with Gasteiger partial charge in [-0.3, -0.25) is 0 Å². The molecule has 0 aliphatic carbocycles. The number of aryl methyl sites for hydroxylation is 1. The molecule has 0 radical (unpaired) electrons. The molecule has 2 heterocycles. The van der Waals surface area contributed by atoms with E-state index in [9.17, 15) is 0 Å². The Morgan fingerprint density at radius 2 is 2.46 bits per heavy atom. The van der Waals surface area contributed by atoms with Gasteiger partial charge in [0, 0.05) is 28.3 Å². The zero-order chi connectivity index (χ0) is 9.31. The van der Waals surface area contributed by atoms with Crippen LogP contribution in [0.1, 0.15) is 16.2 Å². The van der Waals surface area contributed by atoms with Crippen molar-refractivity contribution in [3.8, 4) is 0 Å². The van der Waals surface area contributed by atoms with Gasteiger partial charge in [0.15, 0.2) is 0 Å². The van der Waals surface area contributed by atoms with E-state index in [4.69, 9.17) is 10.5 Å². The molecule has 1 aliphatic heterocycles. The van der Waals surface area contributed by atoms with Gasteiger partial charge in [0.2, 0.25) is 0 Å². The van der Waals surface area contributed by atoms with Crippen LogP contribution in [0.5, 0.6) is 0 Å². The zero-order valence-corrected chi connectivity index (χ0v) is 8.69. The van der Waals surface area contributed by atoms with Crippen molar-refractivity contribution in [2.75, 3.05) is 19.8 Å². The minimum Gasteiger partial charge on any atom is -0.380 e. The molecule has 13 heavy (non-hydrogen) atoms. The Morgan fingerprint density at radius 1 is 1.62 bits per heavy atom. The first kappa shape index (κ1) is 9.19. The molecular weight excluding hydrogens is 182 g/mol. The summed E-state index contributed by atoms with van der Waals surface area (Å²) < 4.78 is 5.44. The van der Waals surface area contributed by atoms with Crippen LogP contribution in [0.3, 0.4) is 0 Å². The van der Waals surface area contributed by atoms with Crippen molar-refractivity contribution < 1.29 is 4.74 Å². The molecule has 1 aromatic rings. The molecule has 0 saturated carbocycles. The molecule has 2 nitrogen and oxygen atoms in total. The number of nitrogens with two attached hydrogens (primary N) is 1. The Hall–Kier alpha value is -0.380. The predicted octanol–water partition coefficient (Wildman–Crippen LogP) is 1.67. The smallest absolute Gasteiger partial charge is 0.0583 e. The first-order chi connectivity index (χ1) is 6.27. The lowest BCUT2D eigenvalue weighted by Crippen LogP contribution is -2.34. The lowest BCUT2D eigenvalue weighted by molar-refractivity contribution is 0.179. The largest absolute Gasteiger partial charge is 0.380 e. The fraction of sp³-hybridized carbons (Fsp3) is 0.600. The van der Waals surface area contributed by atoms with Crippen molar-refractivity contribution >= 4 is 11.3 Å². The molecule has 0 bridgehead atoms. The van der Waals surface area contributed by atoms with Gasteiger partial charge in [-0.1, -0.05) is 0 Å². The van der Waals surface area contributed by atoms with Crippen LogP contribution in [0, 0.1) is 6.92 Å². The number of ether oxygens (including phenoxy) is 1. The standard InChI is InChI=1S/C10H15NOS/c1-8-2-3-9(13-8)10(6-11)4-5-12-7-10/h2-3H,4-7,11H2,1H3. The fourth-order valence-corrected chi connectivity index (χ4v) is 2.86. The summed E-state index contributed by atoms with van der Waals surface area (Å²) in [6, 6.07) is 4.36. The van der Waals surface area contributed by atoms with E-state index in [1.54, 1.807) is 0 Å². The summed E-state index contributed by atoms with van der Waals surface area (Å²) in [5.74, 6) is 0. The minimum absolute atomic E-state index is 0.124. The maximum Gasteiger partial charge on any atom is 0.0583 e. The summed E-state index contributed by atoms with van der Waals surface area (Å²) in [4.78, 5) is 2.75. The zero-order valence-electron chi connectivity index (χ0n) is 7.88. The average Bonchev–Trinajstić information content (AvgIpc) is 2.73. The third kappa shape index (κ3) is 1.52. The number of rotatable bonds is 2. The maximum atomic E-state index is 5.84. The van der Waals surface area contributed by atoms with Crippen LogP contribution < -0.4 is 5.73 Å². The van der Waals surface area contributed by atoms with Crippen LogP contribution in [0.25, 0.3) is 0 Å². The van der Waals surface area contributed by atoms with Gasteiger partial charge in [0.25, 0.3) is 0 Å². The van der Waals surface area contributed by atoms with Gasteiger partial charge in [-0.2, -0.15) is 0 Å². The van der Waals surface area contributed by atoms with Gasteiger partial charge >= 0.3 is 0 Å². The van der Waals surface area contributed by atoms with E-state index in [-0.39, 0.29) is 5.41 Å². The van der Waals surface area contributed by atoms with Crippen LogP contribution in [-0.2, 0) is 10.2 Å². The Bertz CT molecular complexity index is 289. The van der Waals surface area contributed by atoms with Crippen molar-refractivity contribution in [2.24, 2.45) is 5.73 Å². The first-order valence-electron chi connectivity index (χ1n) is 4.62. The van der Waals surface area contributed by atoms with E-state index in [2.05, 4.69) is 19.1 Å². The van der Waals surface area contributed by atoms with E-state index >= 15 is 0 Å². The lowest BCUT2D eigenvalue weighted by atomic mass is 9.86. The minimum atomic E-state index is 0.124. The van der Waals surface area contributed by atoms with E-state index in [0.29, 0.717) is 6.54 Å². The number of hydrogen-bond acceptors (Lipinski definition) is 3. The van der Waals surface area contributed by atoms with Gasteiger partial charge in [-0.15, -0.1) is 11.3 Å². The maximum absolute atomic E-state index is 5.84. The summed E-state index contributed by atoms with van der Waals surface area (Å²) >= 11 is 1.85. The summed E-state index contributed by atoms with van der Waals surface area (Å²) in [5.41, 5.74) is 5.96. The topological polar surface area (TPSA) is 35.2 Å². The molecule has 1 aromatic heterocycles. The Balaban J connectivity index is 2.30. The summed E-state index contributed by atoms with van der Waals surface area (Å²) in [7, 11) is 0. The molecule has 1 aliphatic rings.